The van der Waals surface area contributed by atoms with Crippen LogP contribution in [0.5, 0.6) is 5.75 Å². The number of aryl methyl sites for hydroxylation is 1. The Morgan fingerprint density at radius 1 is 0.943 bits per heavy atom. The zero-order valence-corrected chi connectivity index (χ0v) is 19.3. The summed E-state index contributed by atoms with van der Waals surface area (Å²) in [6.07, 6.45) is -4.91. The van der Waals surface area contributed by atoms with Crippen molar-refractivity contribution in [1.29, 1.82) is 0 Å². The van der Waals surface area contributed by atoms with E-state index in [1.54, 1.807) is 54.1 Å². The Balaban J connectivity index is 1.72. The fourth-order valence-electron chi connectivity index (χ4n) is 3.86. The van der Waals surface area contributed by atoms with Crippen molar-refractivity contribution in [2.75, 3.05) is 6.61 Å². The minimum absolute atomic E-state index is 0.00927. The first-order valence-corrected chi connectivity index (χ1v) is 12.0. The van der Waals surface area contributed by atoms with Crippen molar-refractivity contribution >= 4 is 21.0 Å². The number of aliphatic hydroxyl groups is 1. The molecule has 0 aliphatic heterocycles. The van der Waals surface area contributed by atoms with Crippen LogP contribution in [-0.2, 0) is 14.3 Å². The SMILES string of the molecule is Cc1ccc(S(=O)(=O)OCC(O)C(c2ccccc2OC(F)(F)F)n2ccc3ccccc32)cc1. The molecule has 184 valence electrons. The van der Waals surface area contributed by atoms with E-state index in [1.165, 1.54) is 30.3 Å². The lowest BCUT2D eigenvalue weighted by Gasteiger charge is -2.27. The maximum absolute atomic E-state index is 13.1. The van der Waals surface area contributed by atoms with Crippen LogP contribution in [0.15, 0.2) is 90.0 Å². The second kappa shape index (κ2) is 9.73. The highest BCUT2D eigenvalue weighted by Gasteiger charge is 2.35. The smallest absolute Gasteiger partial charge is 0.405 e. The Bertz CT molecular complexity index is 1420. The molecule has 0 bridgehead atoms. The molecule has 1 aromatic heterocycles. The molecule has 0 saturated heterocycles. The highest BCUT2D eigenvalue weighted by molar-refractivity contribution is 7.86. The van der Waals surface area contributed by atoms with E-state index in [9.17, 15) is 26.7 Å². The number of hydrogen-bond acceptors (Lipinski definition) is 5. The molecule has 0 fully saturated rings. The molecule has 6 nitrogen and oxygen atoms in total. The Kier molecular flexibility index (Phi) is 6.88. The van der Waals surface area contributed by atoms with E-state index >= 15 is 0 Å². The number of para-hydroxylation sites is 2. The first kappa shape index (κ1) is 24.8. The van der Waals surface area contributed by atoms with E-state index < -0.39 is 41.0 Å². The number of nitrogens with zero attached hydrogens (tertiary/aromatic N) is 1. The minimum atomic E-state index is -4.96. The quantitative estimate of drug-likeness (QED) is 0.333. The van der Waals surface area contributed by atoms with E-state index in [1.807, 2.05) is 6.07 Å². The largest absolute Gasteiger partial charge is 0.573 e. The molecule has 0 aliphatic carbocycles. The summed E-state index contributed by atoms with van der Waals surface area (Å²) in [6.45, 7) is 1.10. The fourth-order valence-corrected chi connectivity index (χ4v) is 4.78. The molecule has 35 heavy (non-hydrogen) atoms. The van der Waals surface area contributed by atoms with E-state index in [-0.39, 0.29) is 10.5 Å². The number of alkyl halides is 3. The summed E-state index contributed by atoms with van der Waals surface area (Å²) in [5, 5.41) is 11.9. The van der Waals surface area contributed by atoms with Crippen LogP contribution in [0.1, 0.15) is 17.2 Å². The predicted molar refractivity (Wildman–Crippen MR) is 124 cm³/mol. The summed E-state index contributed by atoms with van der Waals surface area (Å²) in [6, 6.07) is 19.1. The highest BCUT2D eigenvalue weighted by Crippen LogP contribution is 2.36. The van der Waals surface area contributed by atoms with Gasteiger partial charge in [-0.25, -0.2) is 0 Å². The molecular weight excluding hydrogens is 483 g/mol. The molecule has 3 aromatic carbocycles. The Morgan fingerprint density at radius 3 is 2.31 bits per heavy atom. The zero-order valence-electron chi connectivity index (χ0n) is 18.5. The maximum atomic E-state index is 13.1. The molecule has 0 spiro atoms. The van der Waals surface area contributed by atoms with Crippen molar-refractivity contribution < 1.29 is 35.6 Å². The molecule has 0 radical (unpaired) electrons. The first-order chi connectivity index (χ1) is 16.5. The van der Waals surface area contributed by atoms with Crippen LogP contribution >= 0.6 is 0 Å². The molecular formula is C25H22F3NO5S. The minimum Gasteiger partial charge on any atom is -0.405 e. The lowest BCUT2D eigenvalue weighted by molar-refractivity contribution is -0.275. The standard InChI is InChI=1S/C25H22F3NO5S/c1-17-10-12-19(13-11-17)35(31,32)33-16-22(30)24(29-15-14-18-6-2-4-8-21(18)29)20-7-3-5-9-23(20)34-25(26,27)28/h2-15,22,24,30H,16H2,1H3. The molecule has 4 aromatic rings. The van der Waals surface area contributed by atoms with Gasteiger partial charge in [0.25, 0.3) is 10.1 Å². The molecule has 1 N–H and O–H groups in total. The molecule has 4 rings (SSSR count). The van der Waals surface area contributed by atoms with Gasteiger partial charge in [-0.1, -0.05) is 54.1 Å². The van der Waals surface area contributed by atoms with Crippen LogP contribution in [0.25, 0.3) is 10.9 Å². The van der Waals surface area contributed by atoms with Gasteiger partial charge in [0, 0.05) is 17.3 Å². The van der Waals surface area contributed by atoms with Crippen molar-refractivity contribution in [2.24, 2.45) is 0 Å². The van der Waals surface area contributed by atoms with Gasteiger partial charge in [0.1, 0.15) is 11.9 Å². The van der Waals surface area contributed by atoms with E-state index in [0.717, 1.165) is 17.0 Å². The van der Waals surface area contributed by atoms with Crippen molar-refractivity contribution in [3.8, 4) is 5.75 Å². The van der Waals surface area contributed by atoms with Gasteiger partial charge in [0.15, 0.2) is 0 Å². The molecule has 2 unspecified atom stereocenters. The van der Waals surface area contributed by atoms with Gasteiger partial charge in [-0.15, -0.1) is 13.2 Å². The summed E-state index contributed by atoms with van der Waals surface area (Å²) >= 11 is 0. The first-order valence-electron chi connectivity index (χ1n) is 10.6. The lowest BCUT2D eigenvalue weighted by atomic mass is 10.00. The number of halogens is 3. The van der Waals surface area contributed by atoms with Crippen molar-refractivity contribution in [3.05, 3.63) is 96.2 Å². The number of hydrogen-bond donors (Lipinski definition) is 1. The van der Waals surface area contributed by atoms with E-state index in [2.05, 4.69) is 4.74 Å². The number of fused-ring (bicyclic) bond motifs is 1. The van der Waals surface area contributed by atoms with Gasteiger partial charge < -0.3 is 14.4 Å². The third-order valence-electron chi connectivity index (χ3n) is 5.46. The topological polar surface area (TPSA) is 77.8 Å². The Morgan fingerprint density at radius 2 is 1.60 bits per heavy atom. The van der Waals surface area contributed by atoms with Crippen LogP contribution in [0.2, 0.25) is 0 Å². The maximum Gasteiger partial charge on any atom is 0.573 e. The van der Waals surface area contributed by atoms with Gasteiger partial charge >= 0.3 is 6.36 Å². The van der Waals surface area contributed by atoms with Crippen LogP contribution < -0.4 is 4.74 Å². The second-order valence-corrected chi connectivity index (χ2v) is 9.55. The third kappa shape index (κ3) is 5.67. The monoisotopic (exact) mass is 505 g/mol. The van der Waals surface area contributed by atoms with Gasteiger partial charge in [-0.3, -0.25) is 4.18 Å². The van der Waals surface area contributed by atoms with Crippen molar-refractivity contribution in [3.63, 3.8) is 0 Å². The summed E-state index contributed by atoms with van der Waals surface area (Å²) in [7, 11) is -4.22. The molecule has 0 amide bonds. The lowest BCUT2D eigenvalue weighted by Crippen LogP contribution is -2.31. The number of benzene rings is 3. The van der Waals surface area contributed by atoms with Gasteiger partial charge in [-0.05, 0) is 42.6 Å². The van der Waals surface area contributed by atoms with Crippen LogP contribution in [0.4, 0.5) is 13.2 Å². The van der Waals surface area contributed by atoms with Gasteiger partial charge in [0.05, 0.1) is 17.5 Å². The Hall–Kier alpha value is -3.34. The number of ether oxygens (including phenoxy) is 1. The Labute approximate surface area is 200 Å². The van der Waals surface area contributed by atoms with Crippen LogP contribution in [0, 0.1) is 6.92 Å². The number of rotatable bonds is 8. The number of aromatic nitrogens is 1. The predicted octanol–water partition coefficient (Wildman–Crippen LogP) is 5.20. The van der Waals surface area contributed by atoms with Gasteiger partial charge in [0.2, 0.25) is 0 Å². The molecule has 2 atom stereocenters. The third-order valence-corrected chi connectivity index (χ3v) is 6.76. The van der Waals surface area contributed by atoms with E-state index in [4.69, 9.17) is 4.18 Å². The highest BCUT2D eigenvalue weighted by atomic mass is 32.2. The zero-order chi connectivity index (χ0) is 25.2. The number of aliphatic hydroxyl groups excluding tert-OH is 1. The summed E-state index contributed by atoms with van der Waals surface area (Å²) in [5.41, 5.74) is 1.49. The summed E-state index contributed by atoms with van der Waals surface area (Å²) in [4.78, 5) is -0.0981. The van der Waals surface area contributed by atoms with E-state index in [0.29, 0.717) is 5.52 Å². The van der Waals surface area contributed by atoms with Crippen molar-refractivity contribution in [2.45, 2.75) is 30.3 Å². The summed E-state index contributed by atoms with van der Waals surface area (Å²) in [5.74, 6) is -0.511. The molecule has 0 saturated carbocycles. The van der Waals surface area contributed by atoms with Crippen LogP contribution in [0.3, 0.4) is 0 Å². The fraction of sp³-hybridized carbons (Fsp3) is 0.200. The van der Waals surface area contributed by atoms with Crippen LogP contribution in [-0.4, -0.2) is 37.2 Å². The molecule has 10 heteroatoms. The van der Waals surface area contributed by atoms with Gasteiger partial charge in [-0.2, -0.15) is 8.42 Å². The molecule has 1 heterocycles. The average Bonchev–Trinajstić information content (AvgIpc) is 3.22. The average molecular weight is 506 g/mol. The van der Waals surface area contributed by atoms with Crippen molar-refractivity contribution in [1.82, 2.24) is 4.57 Å². The second-order valence-electron chi connectivity index (χ2n) is 7.93. The molecule has 0 aliphatic rings. The summed E-state index contributed by atoms with van der Waals surface area (Å²) < 4.78 is 75.5. The normalized spacial score (nSPS) is 14.1.